The lowest BCUT2D eigenvalue weighted by molar-refractivity contribution is 0.472. The summed E-state index contributed by atoms with van der Waals surface area (Å²) in [5.41, 5.74) is 0.230. The van der Waals surface area contributed by atoms with Crippen molar-refractivity contribution in [2.45, 2.75) is 31.7 Å². The Kier molecular flexibility index (Phi) is 4.66. The smallest absolute Gasteiger partial charge is 0.265 e. The first kappa shape index (κ1) is 19.2. The van der Waals surface area contributed by atoms with Gasteiger partial charge in [-0.25, -0.2) is 13.4 Å². The van der Waals surface area contributed by atoms with Crippen molar-refractivity contribution in [3.05, 3.63) is 63.9 Å². The van der Waals surface area contributed by atoms with Crippen LogP contribution in [0.4, 0.5) is 5.69 Å². The highest BCUT2D eigenvalue weighted by Gasteiger charge is 2.28. The van der Waals surface area contributed by atoms with Gasteiger partial charge in [0.25, 0.3) is 5.56 Å². The van der Waals surface area contributed by atoms with Gasteiger partial charge in [-0.1, -0.05) is 26.0 Å². The number of nitrogens with one attached hydrogen (secondary N) is 1. The highest BCUT2D eigenvalue weighted by Crippen LogP contribution is 2.36. The van der Waals surface area contributed by atoms with Crippen molar-refractivity contribution in [3.8, 4) is 5.75 Å². The second-order valence-corrected chi connectivity index (χ2v) is 9.20. The number of rotatable bonds is 4. The van der Waals surface area contributed by atoms with Gasteiger partial charge >= 0.3 is 0 Å². The number of sulfone groups is 1. The molecule has 29 heavy (non-hydrogen) atoms. The number of benzene rings is 1. The van der Waals surface area contributed by atoms with Gasteiger partial charge < -0.3 is 10.4 Å². The second kappa shape index (κ2) is 7.04. The summed E-state index contributed by atoms with van der Waals surface area (Å²) in [6.45, 7) is 4.52. The molecule has 1 aliphatic heterocycles. The Morgan fingerprint density at radius 1 is 1.17 bits per heavy atom. The molecule has 150 valence electrons. The minimum Gasteiger partial charge on any atom is -0.506 e. The normalized spacial score (nSPS) is 15.1. The molecule has 0 radical (unpaired) electrons. The fourth-order valence-corrected chi connectivity index (χ4v) is 4.74. The quantitative estimate of drug-likeness (QED) is 0.683. The number of aromatic hydroxyl groups is 1. The summed E-state index contributed by atoms with van der Waals surface area (Å²) in [4.78, 5) is 17.7. The number of anilines is 1. The number of hydrogen-bond donors (Lipinski definition) is 2. The SMILES string of the molecule is CC(C)CCn1c(=O)c(C2=CS(=O)(=O)c3ccccc3N2)c(O)c2cccnc21. The van der Waals surface area contributed by atoms with E-state index in [-0.39, 0.29) is 21.9 Å². The Morgan fingerprint density at radius 3 is 2.69 bits per heavy atom. The largest absolute Gasteiger partial charge is 0.506 e. The van der Waals surface area contributed by atoms with E-state index >= 15 is 0 Å². The van der Waals surface area contributed by atoms with Crippen molar-refractivity contribution in [3.63, 3.8) is 0 Å². The first-order chi connectivity index (χ1) is 13.8. The van der Waals surface area contributed by atoms with Crippen LogP contribution in [0.3, 0.4) is 0 Å². The molecule has 2 N–H and O–H groups in total. The van der Waals surface area contributed by atoms with Crippen LogP contribution in [0, 0.1) is 5.92 Å². The minimum atomic E-state index is -3.76. The molecule has 1 aromatic carbocycles. The van der Waals surface area contributed by atoms with Gasteiger partial charge in [-0.2, -0.15) is 0 Å². The topological polar surface area (TPSA) is 101 Å². The second-order valence-electron chi connectivity index (χ2n) is 7.44. The third-order valence-electron chi connectivity index (χ3n) is 4.93. The maximum atomic E-state index is 13.3. The average molecular weight is 411 g/mol. The zero-order valence-electron chi connectivity index (χ0n) is 16.1. The maximum absolute atomic E-state index is 13.3. The number of nitrogens with zero attached hydrogens (tertiary/aromatic N) is 2. The van der Waals surface area contributed by atoms with Crippen LogP contribution in [-0.4, -0.2) is 23.1 Å². The molecular weight excluding hydrogens is 390 g/mol. The fourth-order valence-electron chi connectivity index (χ4n) is 3.43. The van der Waals surface area contributed by atoms with Gasteiger partial charge in [0.15, 0.2) is 0 Å². The van der Waals surface area contributed by atoms with Crippen molar-refractivity contribution in [1.82, 2.24) is 9.55 Å². The Balaban J connectivity index is 1.98. The Hall–Kier alpha value is -3.13. The molecule has 0 bridgehead atoms. The number of pyridine rings is 2. The Morgan fingerprint density at radius 2 is 1.93 bits per heavy atom. The zero-order valence-corrected chi connectivity index (χ0v) is 16.9. The zero-order chi connectivity index (χ0) is 20.8. The summed E-state index contributed by atoms with van der Waals surface area (Å²) in [5, 5.41) is 15.3. The van der Waals surface area contributed by atoms with Gasteiger partial charge in [0, 0.05) is 12.7 Å². The van der Waals surface area contributed by atoms with Gasteiger partial charge in [-0.05, 0) is 36.6 Å². The summed E-state index contributed by atoms with van der Waals surface area (Å²) in [6.07, 6.45) is 2.30. The van der Waals surface area contributed by atoms with Crippen LogP contribution in [0.15, 0.2) is 57.7 Å². The molecule has 2 aromatic heterocycles. The van der Waals surface area contributed by atoms with Gasteiger partial charge in [-0.15, -0.1) is 0 Å². The van der Waals surface area contributed by atoms with Crippen LogP contribution in [-0.2, 0) is 16.4 Å². The van der Waals surface area contributed by atoms with Crippen LogP contribution in [0.1, 0.15) is 25.8 Å². The molecule has 0 spiro atoms. The van der Waals surface area contributed by atoms with E-state index in [0.29, 0.717) is 29.2 Å². The molecule has 0 aliphatic carbocycles. The lowest BCUT2D eigenvalue weighted by atomic mass is 10.1. The summed E-state index contributed by atoms with van der Waals surface area (Å²) >= 11 is 0. The van der Waals surface area contributed by atoms with E-state index in [2.05, 4.69) is 24.1 Å². The van der Waals surface area contributed by atoms with Crippen LogP contribution in [0.25, 0.3) is 16.7 Å². The van der Waals surface area contributed by atoms with E-state index in [1.807, 2.05) is 0 Å². The molecule has 0 unspecified atom stereocenters. The predicted molar refractivity (Wildman–Crippen MR) is 112 cm³/mol. The predicted octanol–water partition coefficient (Wildman–Crippen LogP) is 3.35. The van der Waals surface area contributed by atoms with Gasteiger partial charge in [0.2, 0.25) is 9.84 Å². The molecule has 0 atom stereocenters. The standard InChI is InChI=1S/C21H21N3O4S/c1-13(2)9-11-24-20-14(6-5-10-22-20)19(25)18(21(24)26)16-12-29(27,28)17-8-4-3-7-15(17)23-16/h3-8,10,12-13,23,25H,9,11H2,1-2H3. The molecule has 0 saturated heterocycles. The lowest BCUT2D eigenvalue weighted by Crippen LogP contribution is -2.27. The number of aryl methyl sites for hydroxylation is 1. The molecule has 0 amide bonds. The molecule has 7 nitrogen and oxygen atoms in total. The third kappa shape index (κ3) is 3.29. The van der Waals surface area contributed by atoms with Crippen molar-refractivity contribution in [2.75, 3.05) is 5.32 Å². The molecular formula is C21H21N3O4S. The van der Waals surface area contributed by atoms with Crippen LogP contribution in [0.5, 0.6) is 5.75 Å². The van der Waals surface area contributed by atoms with Gasteiger partial charge in [0.1, 0.15) is 17.0 Å². The minimum absolute atomic E-state index is 0.0512. The molecule has 0 fully saturated rings. The lowest BCUT2D eigenvalue weighted by Gasteiger charge is -2.21. The summed E-state index contributed by atoms with van der Waals surface area (Å²) in [5.74, 6) is 0.0735. The van der Waals surface area contributed by atoms with Gasteiger partial charge in [0.05, 0.1) is 27.1 Å². The van der Waals surface area contributed by atoms with E-state index in [1.165, 1.54) is 10.6 Å². The average Bonchev–Trinajstić information content (AvgIpc) is 2.67. The molecule has 3 aromatic rings. The molecule has 1 aliphatic rings. The van der Waals surface area contributed by atoms with E-state index in [4.69, 9.17) is 0 Å². The highest BCUT2D eigenvalue weighted by molar-refractivity contribution is 7.94. The van der Waals surface area contributed by atoms with Crippen molar-refractivity contribution in [2.24, 2.45) is 5.92 Å². The van der Waals surface area contributed by atoms with Crippen molar-refractivity contribution < 1.29 is 13.5 Å². The summed E-state index contributed by atoms with van der Waals surface area (Å²) in [6, 6.07) is 9.79. The number of para-hydroxylation sites is 1. The van der Waals surface area contributed by atoms with Crippen molar-refractivity contribution >= 4 is 32.3 Å². The maximum Gasteiger partial charge on any atom is 0.265 e. The first-order valence-corrected chi connectivity index (χ1v) is 10.9. The highest BCUT2D eigenvalue weighted by atomic mass is 32.2. The van der Waals surface area contributed by atoms with Gasteiger partial charge in [-0.3, -0.25) is 9.36 Å². The Bertz CT molecular complexity index is 1310. The summed E-state index contributed by atoms with van der Waals surface area (Å²) < 4.78 is 26.9. The third-order valence-corrected chi connectivity index (χ3v) is 6.44. The first-order valence-electron chi connectivity index (χ1n) is 9.33. The van der Waals surface area contributed by atoms with E-state index in [1.54, 1.807) is 36.5 Å². The van der Waals surface area contributed by atoms with Crippen LogP contribution >= 0.6 is 0 Å². The van der Waals surface area contributed by atoms with Crippen molar-refractivity contribution in [1.29, 1.82) is 0 Å². The fraction of sp³-hybridized carbons (Fsp3) is 0.238. The monoisotopic (exact) mass is 411 g/mol. The van der Waals surface area contributed by atoms with E-state index in [0.717, 1.165) is 11.8 Å². The van der Waals surface area contributed by atoms with E-state index < -0.39 is 15.4 Å². The van der Waals surface area contributed by atoms with Crippen LogP contribution in [0.2, 0.25) is 0 Å². The molecule has 3 heterocycles. The molecule has 0 saturated carbocycles. The number of hydrogen-bond acceptors (Lipinski definition) is 6. The number of aromatic nitrogens is 2. The Labute approximate surface area is 168 Å². The summed E-state index contributed by atoms with van der Waals surface area (Å²) in [7, 11) is -3.76. The van der Waals surface area contributed by atoms with E-state index in [9.17, 15) is 18.3 Å². The molecule has 4 rings (SSSR count). The van der Waals surface area contributed by atoms with Crippen LogP contribution < -0.4 is 10.9 Å². The molecule has 8 heteroatoms. The number of fused-ring (bicyclic) bond motifs is 2.